The second-order valence-corrected chi connectivity index (χ2v) is 4.38. The van der Waals surface area contributed by atoms with Gasteiger partial charge in [0, 0.05) is 18.9 Å². The molecule has 1 heterocycles. The van der Waals surface area contributed by atoms with Crippen LogP contribution in [0.3, 0.4) is 0 Å². The van der Waals surface area contributed by atoms with Gasteiger partial charge in [0.15, 0.2) is 0 Å². The molecule has 4 heteroatoms. The van der Waals surface area contributed by atoms with Gasteiger partial charge in [-0.25, -0.2) is 0 Å². The molecule has 0 amide bonds. The van der Waals surface area contributed by atoms with E-state index in [0.29, 0.717) is 0 Å². The first kappa shape index (κ1) is 13.1. The summed E-state index contributed by atoms with van der Waals surface area (Å²) < 4.78 is 0. The second kappa shape index (κ2) is 5.94. The molecule has 0 aliphatic heterocycles. The highest BCUT2D eigenvalue weighted by molar-refractivity contribution is 5.19. The molecule has 1 rings (SSSR count). The zero-order chi connectivity index (χ0) is 12.1. The van der Waals surface area contributed by atoms with Crippen LogP contribution in [0.4, 0.5) is 0 Å². The minimum atomic E-state index is 0.216. The van der Waals surface area contributed by atoms with Crippen LogP contribution >= 0.6 is 0 Å². The Balaban J connectivity index is 2.55. The molecule has 0 spiro atoms. The first-order valence-corrected chi connectivity index (χ1v) is 5.33. The normalized spacial score (nSPS) is 11.8. The Hall–Kier alpha value is -0.970. The van der Waals surface area contributed by atoms with Crippen molar-refractivity contribution < 1.29 is 0 Å². The van der Waals surface area contributed by atoms with E-state index in [-0.39, 0.29) is 6.29 Å². The van der Waals surface area contributed by atoms with Gasteiger partial charge in [0.25, 0.3) is 0 Å². The molecule has 0 unspecified atom stereocenters. The first-order chi connectivity index (χ1) is 7.50. The van der Waals surface area contributed by atoms with Gasteiger partial charge < -0.3 is 0 Å². The van der Waals surface area contributed by atoms with E-state index < -0.39 is 0 Å². The third-order valence-corrected chi connectivity index (χ3v) is 2.32. The largest absolute Gasteiger partial charge is 0.285 e. The van der Waals surface area contributed by atoms with E-state index in [2.05, 4.69) is 27.0 Å². The lowest BCUT2D eigenvalue weighted by Crippen LogP contribution is -2.50. The van der Waals surface area contributed by atoms with Crippen molar-refractivity contribution in [3.8, 4) is 0 Å². The summed E-state index contributed by atoms with van der Waals surface area (Å²) in [5, 5.41) is 3.45. The lowest BCUT2D eigenvalue weighted by Gasteiger charge is -2.31. The minimum absolute atomic E-state index is 0.216. The third-order valence-electron chi connectivity index (χ3n) is 2.32. The maximum absolute atomic E-state index is 4.12. The summed E-state index contributed by atoms with van der Waals surface area (Å²) >= 11 is 0. The molecule has 0 saturated carbocycles. The Morgan fingerprint density at radius 1 is 1.25 bits per heavy atom. The van der Waals surface area contributed by atoms with Gasteiger partial charge in [0.1, 0.15) is 6.29 Å². The molecule has 0 aliphatic carbocycles. The van der Waals surface area contributed by atoms with Crippen molar-refractivity contribution in [2.24, 2.45) is 0 Å². The molecule has 16 heavy (non-hydrogen) atoms. The van der Waals surface area contributed by atoms with E-state index in [1.807, 2.05) is 40.5 Å². The Bertz CT molecular complexity index is 315. The number of rotatable bonds is 5. The number of nitrogens with one attached hydrogen (secondary N) is 1. The van der Waals surface area contributed by atoms with Crippen molar-refractivity contribution in [3.63, 3.8) is 0 Å². The lowest BCUT2D eigenvalue weighted by molar-refractivity contribution is 0.0939. The number of nitrogens with zero attached hydrogens (tertiary/aromatic N) is 3. The van der Waals surface area contributed by atoms with Crippen molar-refractivity contribution in [1.82, 2.24) is 20.1 Å². The molecular weight excluding hydrogens is 200 g/mol. The molecular formula is C12H21N4. The number of hydrogen-bond acceptors (Lipinski definition) is 4. The van der Waals surface area contributed by atoms with Crippen molar-refractivity contribution in [2.75, 3.05) is 28.2 Å². The summed E-state index contributed by atoms with van der Waals surface area (Å²) in [6, 6.07) is 2.04. The molecule has 4 nitrogen and oxygen atoms in total. The fraction of sp³-hybridized carbons (Fsp3) is 0.500. The van der Waals surface area contributed by atoms with Crippen LogP contribution in [0.1, 0.15) is 11.1 Å². The molecule has 1 radical (unpaired) electrons. The number of pyridine rings is 1. The molecule has 0 fully saturated rings. The van der Waals surface area contributed by atoms with Crippen LogP contribution in [0, 0.1) is 6.92 Å². The summed E-state index contributed by atoms with van der Waals surface area (Å²) in [5.41, 5.74) is 2.10. The van der Waals surface area contributed by atoms with Crippen LogP contribution in [-0.4, -0.2) is 49.3 Å². The molecule has 0 aromatic carbocycles. The van der Waals surface area contributed by atoms with E-state index in [4.69, 9.17) is 0 Å². The van der Waals surface area contributed by atoms with Crippen LogP contribution in [0.5, 0.6) is 0 Å². The number of aromatic nitrogens is 1. The fourth-order valence-electron chi connectivity index (χ4n) is 1.67. The highest BCUT2D eigenvalue weighted by Crippen LogP contribution is 2.02. The van der Waals surface area contributed by atoms with Gasteiger partial charge in [-0.3, -0.25) is 20.1 Å². The van der Waals surface area contributed by atoms with E-state index in [1.165, 1.54) is 0 Å². The zero-order valence-electron chi connectivity index (χ0n) is 10.6. The Morgan fingerprint density at radius 2 is 1.88 bits per heavy atom. The van der Waals surface area contributed by atoms with Gasteiger partial charge in [-0.05, 0) is 46.2 Å². The highest BCUT2D eigenvalue weighted by Gasteiger charge is 2.12. The van der Waals surface area contributed by atoms with Gasteiger partial charge in [-0.1, -0.05) is 6.07 Å². The second-order valence-electron chi connectivity index (χ2n) is 4.38. The highest BCUT2D eigenvalue weighted by atomic mass is 15.4. The molecule has 0 aliphatic rings. The SMILES string of the molecule is [CH2]c1cncc(CNC(N(C)C)N(C)C)c1. The smallest absolute Gasteiger partial charge is 0.116 e. The van der Waals surface area contributed by atoms with Gasteiger partial charge in [0.05, 0.1) is 0 Å². The molecule has 0 atom stereocenters. The monoisotopic (exact) mass is 221 g/mol. The molecule has 0 saturated heterocycles. The maximum Gasteiger partial charge on any atom is 0.116 e. The van der Waals surface area contributed by atoms with E-state index in [9.17, 15) is 0 Å². The average molecular weight is 221 g/mol. The van der Waals surface area contributed by atoms with Crippen molar-refractivity contribution in [2.45, 2.75) is 12.8 Å². The molecule has 1 aromatic heterocycles. The topological polar surface area (TPSA) is 31.4 Å². The van der Waals surface area contributed by atoms with Gasteiger partial charge in [-0.15, -0.1) is 0 Å². The summed E-state index contributed by atoms with van der Waals surface area (Å²) in [6.45, 7) is 4.66. The van der Waals surface area contributed by atoms with Gasteiger partial charge in [0.2, 0.25) is 0 Å². The Labute approximate surface area is 98.3 Å². The molecule has 0 bridgehead atoms. The summed E-state index contributed by atoms with van der Waals surface area (Å²) in [7, 11) is 8.20. The predicted octanol–water partition coefficient (Wildman–Crippen LogP) is 0.760. The summed E-state index contributed by atoms with van der Waals surface area (Å²) in [5.74, 6) is 0. The Kier molecular flexibility index (Phi) is 4.86. The van der Waals surface area contributed by atoms with E-state index in [0.717, 1.165) is 17.7 Å². The van der Waals surface area contributed by atoms with Crippen LogP contribution < -0.4 is 5.32 Å². The lowest BCUT2D eigenvalue weighted by atomic mass is 10.2. The van der Waals surface area contributed by atoms with Gasteiger partial charge >= 0.3 is 0 Å². The summed E-state index contributed by atoms with van der Waals surface area (Å²) in [4.78, 5) is 8.38. The fourth-order valence-corrected chi connectivity index (χ4v) is 1.67. The van der Waals surface area contributed by atoms with E-state index in [1.54, 1.807) is 6.20 Å². The van der Waals surface area contributed by atoms with Crippen LogP contribution in [0.25, 0.3) is 0 Å². The van der Waals surface area contributed by atoms with Crippen LogP contribution in [0.15, 0.2) is 18.5 Å². The third kappa shape index (κ3) is 3.89. The van der Waals surface area contributed by atoms with E-state index >= 15 is 0 Å². The van der Waals surface area contributed by atoms with Crippen LogP contribution in [0.2, 0.25) is 0 Å². The molecule has 89 valence electrons. The van der Waals surface area contributed by atoms with Crippen molar-refractivity contribution in [1.29, 1.82) is 0 Å². The number of hydrogen-bond donors (Lipinski definition) is 1. The minimum Gasteiger partial charge on any atom is -0.285 e. The van der Waals surface area contributed by atoms with Crippen molar-refractivity contribution in [3.05, 3.63) is 36.5 Å². The predicted molar refractivity (Wildman–Crippen MR) is 66.7 cm³/mol. The average Bonchev–Trinajstić information content (AvgIpc) is 2.16. The van der Waals surface area contributed by atoms with Crippen LogP contribution in [-0.2, 0) is 6.54 Å². The zero-order valence-corrected chi connectivity index (χ0v) is 10.6. The van der Waals surface area contributed by atoms with Gasteiger partial charge in [-0.2, -0.15) is 0 Å². The maximum atomic E-state index is 4.12. The quantitative estimate of drug-likeness (QED) is 0.744. The van der Waals surface area contributed by atoms with Crippen molar-refractivity contribution >= 4 is 0 Å². The molecule has 1 N–H and O–H groups in total. The first-order valence-electron chi connectivity index (χ1n) is 5.33. The summed E-state index contributed by atoms with van der Waals surface area (Å²) in [6.07, 6.45) is 3.84. The molecule has 1 aromatic rings. The Morgan fingerprint density at radius 3 is 2.38 bits per heavy atom. The standard InChI is InChI=1S/C12H21N4/c1-10-6-11(8-13-7-10)9-14-12(15(2)3)16(4)5/h6-8,12,14H,1,9H2,2-5H3.